The Hall–Kier alpha value is -3.27. The minimum atomic E-state index is -3.92. The molecule has 29 heavy (non-hydrogen) atoms. The zero-order chi connectivity index (χ0) is 21.2. The second kappa shape index (κ2) is 8.00. The molecule has 0 unspecified atom stereocenters. The van der Waals surface area contributed by atoms with Crippen LogP contribution in [0.15, 0.2) is 51.8 Å². The lowest BCUT2D eigenvalue weighted by molar-refractivity contribution is -0.385. The summed E-state index contributed by atoms with van der Waals surface area (Å²) in [5.74, 6) is -0.0732. The lowest BCUT2D eigenvalue weighted by Gasteiger charge is -2.11. The molecular formula is C19H20N4O5S. The first-order chi connectivity index (χ1) is 13.7. The molecular weight excluding hydrogens is 396 g/mol. The molecule has 0 atom stereocenters. The zero-order valence-corrected chi connectivity index (χ0v) is 16.8. The van der Waals surface area contributed by atoms with Crippen LogP contribution in [0.25, 0.3) is 0 Å². The predicted octanol–water partition coefficient (Wildman–Crippen LogP) is 2.97. The number of likely N-dealkylation sites (tertiary alicyclic amines) is 1. The largest absolute Gasteiger partial charge is 0.362 e. The molecule has 10 heteroatoms. The van der Waals surface area contributed by atoms with E-state index >= 15 is 0 Å². The highest BCUT2D eigenvalue weighted by Crippen LogP contribution is 2.22. The van der Waals surface area contributed by atoms with Crippen LogP contribution in [0.1, 0.15) is 28.8 Å². The number of nitro benzene ring substituents is 1. The topological polar surface area (TPSA) is 122 Å². The summed E-state index contributed by atoms with van der Waals surface area (Å²) < 4.78 is 29.1. The van der Waals surface area contributed by atoms with Gasteiger partial charge in [-0.15, -0.1) is 4.40 Å². The van der Waals surface area contributed by atoms with Gasteiger partial charge in [0, 0.05) is 42.9 Å². The molecule has 0 radical (unpaired) electrons. The van der Waals surface area contributed by atoms with Gasteiger partial charge in [0.1, 0.15) is 5.84 Å². The van der Waals surface area contributed by atoms with E-state index in [0.29, 0.717) is 17.8 Å². The molecule has 2 aromatic carbocycles. The predicted molar refractivity (Wildman–Crippen MR) is 109 cm³/mol. The van der Waals surface area contributed by atoms with E-state index < -0.39 is 20.9 Å². The third kappa shape index (κ3) is 4.60. The highest BCUT2D eigenvalue weighted by Gasteiger charge is 2.21. The SMILES string of the molecule is Cc1ccc(C(=O)Nc2cccc(S(=O)(=O)/N=C3\CCCN3C)c2)cc1[N+](=O)[O-]. The van der Waals surface area contributed by atoms with Crippen molar-refractivity contribution in [2.75, 3.05) is 18.9 Å². The number of hydrogen-bond donors (Lipinski definition) is 1. The van der Waals surface area contributed by atoms with E-state index in [4.69, 9.17) is 0 Å². The van der Waals surface area contributed by atoms with Crippen LogP contribution in [0.5, 0.6) is 0 Å². The number of nitrogens with zero attached hydrogens (tertiary/aromatic N) is 3. The van der Waals surface area contributed by atoms with Crippen molar-refractivity contribution >= 4 is 33.1 Å². The van der Waals surface area contributed by atoms with Crippen molar-refractivity contribution in [3.05, 3.63) is 63.7 Å². The average molecular weight is 416 g/mol. The van der Waals surface area contributed by atoms with E-state index in [1.54, 1.807) is 18.9 Å². The first-order valence-corrected chi connectivity index (χ1v) is 10.3. The third-order valence-electron chi connectivity index (χ3n) is 4.62. The molecule has 0 saturated carbocycles. The van der Waals surface area contributed by atoms with Crippen molar-refractivity contribution in [2.24, 2.45) is 4.40 Å². The lowest BCUT2D eigenvalue weighted by Crippen LogP contribution is -2.20. The molecule has 1 N–H and O–H groups in total. The summed E-state index contributed by atoms with van der Waals surface area (Å²) in [5, 5.41) is 13.6. The van der Waals surface area contributed by atoms with E-state index in [9.17, 15) is 23.3 Å². The summed E-state index contributed by atoms with van der Waals surface area (Å²) in [5.41, 5.74) is 0.629. The Labute approximate surface area is 168 Å². The molecule has 0 bridgehead atoms. The van der Waals surface area contributed by atoms with Crippen molar-refractivity contribution in [2.45, 2.75) is 24.7 Å². The van der Waals surface area contributed by atoms with Gasteiger partial charge in [-0.1, -0.05) is 12.1 Å². The van der Waals surface area contributed by atoms with Crippen molar-refractivity contribution in [1.82, 2.24) is 4.90 Å². The Kier molecular flexibility index (Phi) is 5.64. The summed E-state index contributed by atoms with van der Waals surface area (Å²) in [7, 11) is -2.13. The second-order valence-corrected chi connectivity index (χ2v) is 8.35. The van der Waals surface area contributed by atoms with Crippen LogP contribution in [0.4, 0.5) is 11.4 Å². The van der Waals surface area contributed by atoms with Crippen molar-refractivity contribution < 1.29 is 18.1 Å². The summed E-state index contributed by atoms with van der Waals surface area (Å²) in [6.07, 6.45) is 1.45. The number of carbonyl (C=O) groups excluding carboxylic acids is 1. The first-order valence-electron chi connectivity index (χ1n) is 8.89. The van der Waals surface area contributed by atoms with Gasteiger partial charge in [-0.2, -0.15) is 8.42 Å². The molecule has 1 aliphatic heterocycles. The second-order valence-electron chi connectivity index (χ2n) is 6.75. The van der Waals surface area contributed by atoms with E-state index in [-0.39, 0.29) is 21.8 Å². The van der Waals surface area contributed by atoms with Gasteiger partial charge in [0.25, 0.3) is 21.6 Å². The molecule has 1 heterocycles. The fraction of sp³-hybridized carbons (Fsp3) is 0.263. The summed E-state index contributed by atoms with van der Waals surface area (Å²) in [6.45, 7) is 2.34. The maximum absolute atomic E-state index is 12.6. The minimum Gasteiger partial charge on any atom is -0.362 e. The number of hydrogen-bond acceptors (Lipinski definition) is 5. The normalized spacial score (nSPS) is 15.5. The average Bonchev–Trinajstić information content (AvgIpc) is 3.06. The summed E-state index contributed by atoms with van der Waals surface area (Å²) >= 11 is 0. The van der Waals surface area contributed by atoms with Gasteiger partial charge in [-0.05, 0) is 37.6 Å². The molecule has 0 spiro atoms. The zero-order valence-electron chi connectivity index (χ0n) is 16.0. The fourth-order valence-corrected chi connectivity index (χ4v) is 4.13. The van der Waals surface area contributed by atoms with Crippen molar-refractivity contribution in [3.8, 4) is 0 Å². The van der Waals surface area contributed by atoms with Gasteiger partial charge in [-0.25, -0.2) is 0 Å². The molecule has 3 rings (SSSR count). The van der Waals surface area contributed by atoms with Crippen LogP contribution in [0.3, 0.4) is 0 Å². The maximum Gasteiger partial charge on any atom is 0.284 e. The molecule has 2 aromatic rings. The molecule has 152 valence electrons. The molecule has 0 aromatic heterocycles. The Morgan fingerprint density at radius 3 is 2.66 bits per heavy atom. The van der Waals surface area contributed by atoms with Crippen LogP contribution in [-0.2, 0) is 10.0 Å². The molecule has 0 aliphatic carbocycles. The lowest BCUT2D eigenvalue weighted by atomic mass is 10.1. The van der Waals surface area contributed by atoms with Crippen molar-refractivity contribution in [3.63, 3.8) is 0 Å². The summed E-state index contributed by atoms with van der Waals surface area (Å²) in [4.78, 5) is 24.7. The number of anilines is 1. The van der Waals surface area contributed by atoms with Crippen LogP contribution >= 0.6 is 0 Å². The Bertz CT molecular complexity index is 1110. The smallest absolute Gasteiger partial charge is 0.284 e. The molecule has 1 fully saturated rings. The highest BCUT2D eigenvalue weighted by atomic mass is 32.2. The van der Waals surface area contributed by atoms with E-state index in [2.05, 4.69) is 9.71 Å². The summed E-state index contributed by atoms with van der Waals surface area (Å²) in [6, 6.07) is 9.90. The highest BCUT2D eigenvalue weighted by molar-refractivity contribution is 7.90. The fourth-order valence-electron chi connectivity index (χ4n) is 2.99. The van der Waals surface area contributed by atoms with Gasteiger partial charge < -0.3 is 10.2 Å². The maximum atomic E-state index is 12.6. The monoisotopic (exact) mass is 416 g/mol. The van der Waals surface area contributed by atoms with Crippen LogP contribution in [0.2, 0.25) is 0 Å². The van der Waals surface area contributed by atoms with Gasteiger partial charge in [-0.3, -0.25) is 14.9 Å². The number of amides is 1. The Balaban J connectivity index is 1.84. The number of nitrogens with one attached hydrogen (secondary N) is 1. The minimum absolute atomic E-state index is 0.0435. The van der Waals surface area contributed by atoms with Crippen molar-refractivity contribution in [1.29, 1.82) is 0 Å². The van der Waals surface area contributed by atoms with E-state index in [1.807, 2.05) is 0 Å². The van der Waals surface area contributed by atoms with Gasteiger partial charge in [0.05, 0.1) is 9.82 Å². The van der Waals surface area contributed by atoms with E-state index in [0.717, 1.165) is 13.0 Å². The van der Waals surface area contributed by atoms with Crippen LogP contribution < -0.4 is 5.32 Å². The standard InChI is InChI=1S/C19H20N4O5S/c1-13-8-9-14(11-17(13)23(25)26)19(24)20-15-5-3-6-16(12-15)29(27,28)21-18-7-4-10-22(18)2/h3,5-6,8-9,11-12H,4,7,10H2,1-2H3,(H,20,24)/b21-18+. The van der Waals surface area contributed by atoms with Gasteiger partial charge >= 0.3 is 0 Å². The van der Waals surface area contributed by atoms with Crippen LogP contribution in [0, 0.1) is 17.0 Å². The molecule has 1 amide bonds. The number of amidine groups is 1. The van der Waals surface area contributed by atoms with E-state index in [1.165, 1.54) is 42.5 Å². The quantitative estimate of drug-likeness (QED) is 0.591. The molecule has 9 nitrogen and oxygen atoms in total. The van der Waals surface area contributed by atoms with Gasteiger partial charge in [0.15, 0.2) is 0 Å². The number of aryl methyl sites for hydroxylation is 1. The number of nitro groups is 1. The number of sulfonamides is 1. The Morgan fingerprint density at radius 1 is 1.24 bits per heavy atom. The number of benzene rings is 2. The number of rotatable bonds is 5. The molecule has 1 saturated heterocycles. The first kappa shape index (κ1) is 20.5. The molecule has 1 aliphatic rings. The third-order valence-corrected chi connectivity index (χ3v) is 5.92. The number of carbonyl (C=O) groups is 1. The van der Waals surface area contributed by atoms with Gasteiger partial charge in [0.2, 0.25) is 0 Å². The van der Waals surface area contributed by atoms with Crippen LogP contribution in [-0.4, -0.2) is 43.6 Å². The Morgan fingerprint density at radius 2 is 2.00 bits per heavy atom.